The van der Waals surface area contributed by atoms with Crippen LogP contribution in [0.15, 0.2) is 0 Å². The molecule has 0 aliphatic heterocycles. The number of rotatable bonds is 0. The van der Waals surface area contributed by atoms with Crippen LogP contribution in [0, 0.1) is 0 Å². The molecule has 0 rings (SSSR count). The van der Waals surface area contributed by atoms with Gasteiger partial charge in [0.25, 0.3) is 0 Å². The molecule has 0 unspecified atom stereocenters. The van der Waals surface area contributed by atoms with Crippen LogP contribution < -0.4 is 115 Å². The third kappa shape index (κ3) is 23.3. The van der Waals surface area contributed by atoms with Crippen LogP contribution in [0.3, 0.4) is 0 Å². The summed E-state index contributed by atoms with van der Waals surface area (Å²) < 4.78 is 6.47. The molecule has 9 nitrogen and oxygen atoms in total. The van der Waals surface area contributed by atoms with E-state index >= 15 is 0 Å². The number of hydrogen-bond acceptors (Lipinski definition) is 7. The van der Waals surface area contributed by atoms with Gasteiger partial charge in [0.15, 0.2) is 0 Å². The monoisotopic (exact) mass is 264 g/mol. The van der Waals surface area contributed by atoms with Crippen LogP contribution in [0.2, 0.25) is 0 Å². The first-order valence-corrected chi connectivity index (χ1v) is 1.88. The first-order valence-electron chi connectivity index (χ1n) is 1.88. The van der Waals surface area contributed by atoms with Crippen LogP contribution >= 0.6 is 0 Å². The van der Waals surface area contributed by atoms with E-state index in [1.54, 1.807) is 0 Å². The molecule has 0 aromatic carbocycles. The minimum atomic E-state index is -1.92. The number of carbonyl (C=O) groups is 3. The number of ether oxygens (including phenoxy) is 2. The SMILES string of the molecule is N.N.O=C(O)OC(=O)OC(=O)O.[H-].[H-].[K+].[K+]. The molecule has 0 spiro atoms. The Labute approximate surface area is 167 Å². The van der Waals surface area contributed by atoms with Crippen LogP contribution in [-0.2, 0) is 9.47 Å². The van der Waals surface area contributed by atoms with Gasteiger partial charge < -0.3 is 34.8 Å². The summed E-state index contributed by atoms with van der Waals surface area (Å²) >= 11 is 0. The van der Waals surface area contributed by atoms with Crippen molar-refractivity contribution in [2.45, 2.75) is 0 Å². The van der Waals surface area contributed by atoms with Gasteiger partial charge in [-0.25, -0.2) is 14.4 Å². The summed E-state index contributed by atoms with van der Waals surface area (Å²) in [4.78, 5) is 28.8. The zero-order valence-corrected chi connectivity index (χ0v) is 14.1. The maximum absolute atomic E-state index is 9.86. The predicted molar refractivity (Wildman–Crippen MR) is 35.9 cm³/mol. The van der Waals surface area contributed by atoms with Crippen molar-refractivity contribution in [2.24, 2.45) is 0 Å². The molecule has 0 saturated heterocycles. The van der Waals surface area contributed by atoms with Gasteiger partial charge in [-0.3, -0.25) is 0 Å². The summed E-state index contributed by atoms with van der Waals surface area (Å²) in [6, 6.07) is 0. The van der Waals surface area contributed by atoms with Crippen molar-refractivity contribution >= 4 is 18.5 Å². The van der Waals surface area contributed by atoms with Crippen molar-refractivity contribution in [3.63, 3.8) is 0 Å². The summed E-state index contributed by atoms with van der Waals surface area (Å²) in [6.07, 6.45) is -5.64. The molecule has 76 valence electrons. The van der Waals surface area contributed by atoms with Crippen molar-refractivity contribution in [1.29, 1.82) is 0 Å². The van der Waals surface area contributed by atoms with Gasteiger partial charge in [-0.15, -0.1) is 0 Å². The molecule has 0 heterocycles. The average molecular weight is 264 g/mol. The molecular weight excluding hydrogens is 254 g/mol. The Balaban J connectivity index is -0.0000000270. The first kappa shape index (κ1) is 29.5. The fourth-order valence-electron chi connectivity index (χ4n) is 0.163. The van der Waals surface area contributed by atoms with Crippen LogP contribution in [0.5, 0.6) is 0 Å². The third-order valence-electron chi connectivity index (χ3n) is 0.341. The molecule has 0 bridgehead atoms. The van der Waals surface area contributed by atoms with E-state index in [1.165, 1.54) is 0 Å². The third-order valence-corrected chi connectivity index (χ3v) is 0.341. The second kappa shape index (κ2) is 16.8. The van der Waals surface area contributed by atoms with Crippen LogP contribution in [0.25, 0.3) is 0 Å². The van der Waals surface area contributed by atoms with Crippen LogP contribution in [0.4, 0.5) is 14.4 Å². The molecular formula is C3H10K2N2O7. The molecule has 0 aliphatic rings. The summed E-state index contributed by atoms with van der Waals surface area (Å²) in [7, 11) is 0. The molecule has 11 heteroatoms. The Kier molecular flexibility index (Phi) is 35.5. The minimum Gasteiger partial charge on any atom is -1.00 e. The topological polar surface area (TPSA) is 180 Å². The first-order chi connectivity index (χ1) is 4.52. The normalized spacial score (nSPS) is 5.71. The smallest absolute Gasteiger partial charge is 1.00 e. The standard InChI is InChI=1S/C3H2O7.2K.2H3N.2H/c4-1(5)9-3(8)10-2(6)7;;;;;;/h(H,4,5)(H,6,7);;;2*1H3;;/q;2*+1;;;2*-1. The average Bonchev–Trinajstić information content (AvgIpc) is 1.58. The van der Waals surface area contributed by atoms with Crippen LogP contribution in [0.1, 0.15) is 2.85 Å². The van der Waals surface area contributed by atoms with Crippen molar-refractivity contribution < 1.29 is 140 Å². The molecule has 0 fully saturated rings. The van der Waals surface area contributed by atoms with Gasteiger partial charge in [-0.05, 0) is 0 Å². The Bertz CT molecular complexity index is 176. The molecule has 8 N–H and O–H groups in total. The van der Waals surface area contributed by atoms with Crippen molar-refractivity contribution in [3.05, 3.63) is 0 Å². The van der Waals surface area contributed by atoms with Crippen LogP contribution in [-0.4, -0.2) is 28.7 Å². The van der Waals surface area contributed by atoms with E-state index < -0.39 is 18.5 Å². The Hall–Kier alpha value is 1.40. The van der Waals surface area contributed by atoms with E-state index in [2.05, 4.69) is 9.47 Å². The number of carbonyl (C=O) groups excluding carboxylic acids is 1. The summed E-state index contributed by atoms with van der Waals surface area (Å²) in [5, 5.41) is 15.4. The van der Waals surface area contributed by atoms with E-state index in [1.807, 2.05) is 0 Å². The van der Waals surface area contributed by atoms with E-state index in [4.69, 9.17) is 10.2 Å². The molecule has 0 saturated carbocycles. The predicted octanol–water partition coefficient (Wildman–Crippen LogP) is -4.95. The molecule has 0 amide bonds. The fourth-order valence-corrected chi connectivity index (χ4v) is 0.163. The summed E-state index contributed by atoms with van der Waals surface area (Å²) in [5.41, 5.74) is 0. The Morgan fingerprint density at radius 3 is 1.21 bits per heavy atom. The summed E-state index contributed by atoms with van der Waals surface area (Å²) in [5.74, 6) is 0. The number of hydrogen-bond donors (Lipinski definition) is 4. The molecule has 0 aromatic rings. The van der Waals surface area contributed by atoms with E-state index in [0.29, 0.717) is 0 Å². The Morgan fingerprint density at radius 1 is 0.857 bits per heavy atom. The van der Waals surface area contributed by atoms with Crippen molar-refractivity contribution in [3.8, 4) is 0 Å². The zero-order chi connectivity index (χ0) is 8.15. The maximum Gasteiger partial charge on any atom is 1.00 e. The molecule has 14 heavy (non-hydrogen) atoms. The van der Waals surface area contributed by atoms with Gasteiger partial charge in [-0.2, -0.15) is 0 Å². The minimum absolute atomic E-state index is 0. The van der Waals surface area contributed by atoms with Crippen molar-refractivity contribution in [2.75, 3.05) is 0 Å². The molecule has 0 atom stereocenters. The van der Waals surface area contributed by atoms with Gasteiger partial charge in [0.1, 0.15) is 0 Å². The maximum atomic E-state index is 9.86. The fraction of sp³-hybridized carbons (Fsp3) is 0. The summed E-state index contributed by atoms with van der Waals surface area (Å²) in [6.45, 7) is 0. The second-order valence-corrected chi connectivity index (χ2v) is 0.986. The zero-order valence-electron chi connectivity index (χ0n) is 9.85. The van der Waals surface area contributed by atoms with Gasteiger partial charge in [0.2, 0.25) is 0 Å². The van der Waals surface area contributed by atoms with Crippen molar-refractivity contribution in [1.82, 2.24) is 12.3 Å². The molecule has 0 aliphatic carbocycles. The quantitative estimate of drug-likeness (QED) is 0.189. The number of carboxylic acid groups (broad SMARTS) is 2. The van der Waals surface area contributed by atoms with Gasteiger partial charge in [-0.1, -0.05) is 0 Å². The molecule has 0 aromatic heterocycles. The largest absolute Gasteiger partial charge is 1.00 e. The van der Waals surface area contributed by atoms with E-state index in [-0.39, 0.29) is 118 Å². The second-order valence-electron chi connectivity index (χ2n) is 0.986. The van der Waals surface area contributed by atoms with E-state index in [9.17, 15) is 14.4 Å². The van der Waals surface area contributed by atoms with E-state index in [0.717, 1.165) is 0 Å². The Morgan fingerprint density at radius 2 is 1.07 bits per heavy atom. The van der Waals surface area contributed by atoms with Gasteiger partial charge in [0.05, 0.1) is 0 Å². The molecule has 0 radical (unpaired) electrons. The van der Waals surface area contributed by atoms with Gasteiger partial charge in [0, 0.05) is 0 Å². The van der Waals surface area contributed by atoms with Gasteiger partial charge >= 0.3 is 121 Å².